The minimum absolute atomic E-state index is 0.104. The summed E-state index contributed by atoms with van der Waals surface area (Å²) in [5.74, 6) is 0.168. The number of likely N-dealkylation sites (tertiary alicyclic amines) is 1. The molecule has 0 aliphatic carbocycles. The lowest BCUT2D eigenvalue weighted by Gasteiger charge is -2.24. The fraction of sp³-hybridized carbons (Fsp3) is 0.562. The summed E-state index contributed by atoms with van der Waals surface area (Å²) in [5, 5.41) is 3.78. The van der Waals surface area contributed by atoms with E-state index in [1.54, 1.807) is 23.4 Å². The van der Waals surface area contributed by atoms with Crippen molar-refractivity contribution < 1.29 is 14.1 Å². The molecule has 1 amide bonds. The van der Waals surface area contributed by atoms with Crippen molar-refractivity contribution in [1.82, 2.24) is 24.6 Å². The van der Waals surface area contributed by atoms with Crippen molar-refractivity contribution in [3.63, 3.8) is 0 Å². The highest BCUT2D eigenvalue weighted by Crippen LogP contribution is 2.22. The first-order chi connectivity index (χ1) is 11.8. The lowest BCUT2D eigenvalue weighted by Crippen LogP contribution is -2.35. The third-order valence-electron chi connectivity index (χ3n) is 3.83. The van der Waals surface area contributed by atoms with Gasteiger partial charge in [-0.15, -0.1) is 0 Å². The molecule has 1 atom stereocenters. The maximum Gasteiger partial charge on any atom is 0.441 e. The van der Waals surface area contributed by atoms with Gasteiger partial charge in [0.15, 0.2) is 5.82 Å². The zero-order chi connectivity index (χ0) is 18.0. The molecule has 0 bridgehead atoms. The Hall–Kier alpha value is -2.71. The lowest BCUT2D eigenvalue weighted by atomic mass is 10.1. The summed E-state index contributed by atoms with van der Waals surface area (Å²) < 4.78 is 11.6. The van der Waals surface area contributed by atoms with Crippen LogP contribution in [0.1, 0.15) is 27.2 Å². The lowest BCUT2D eigenvalue weighted by molar-refractivity contribution is 0.0287. The molecule has 2 aromatic rings. The Morgan fingerprint density at radius 2 is 2.08 bits per heavy atom. The second kappa shape index (κ2) is 6.66. The van der Waals surface area contributed by atoms with E-state index in [0.29, 0.717) is 31.3 Å². The average Bonchev–Trinajstić information content (AvgIpc) is 3.15. The SMILES string of the molecule is CC(C)(C)OC(=O)N1CC[C@@H](Cn2c(-c3ncccn3)noc2=O)C1. The molecule has 1 aliphatic heterocycles. The van der Waals surface area contributed by atoms with Gasteiger partial charge in [-0.2, -0.15) is 0 Å². The van der Waals surface area contributed by atoms with Gasteiger partial charge in [-0.25, -0.2) is 19.6 Å². The molecule has 3 rings (SSSR count). The smallest absolute Gasteiger partial charge is 0.441 e. The Morgan fingerprint density at radius 1 is 1.36 bits per heavy atom. The molecule has 0 radical (unpaired) electrons. The van der Waals surface area contributed by atoms with Gasteiger partial charge in [0.1, 0.15) is 5.60 Å². The number of carbonyl (C=O) groups excluding carboxylic acids is 1. The number of hydrogen-bond acceptors (Lipinski definition) is 7. The fourth-order valence-corrected chi connectivity index (χ4v) is 2.74. The van der Waals surface area contributed by atoms with Crippen LogP contribution in [-0.2, 0) is 11.3 Å². The van der Waals surface area contributed by atoms with Gasteiger partial charge in [-0.05, 0) is 39.2 Å². The van der Waals surface area contributed by atoms with Crippen LogP contribution in [0.4, 0.5) is 4.79 Å². The van der Waals surface area contributed by atoms with E-state index >= 15 is 0 Å². The van der Waals surface area contributed by atoms with Crippen molar-refractivity contribution >= 4 is 6.09 Å². The summed E-state index contributed by atoms with van der Waals surface area (Å²) in [6, 6.07) is 1.68. The van der Waals surface area contributed by atoms with Crippen LogP contribution in [0.25, 0.3) is 11.6 Å². The van der Waals surface area contributed by atoms with Crippen molar-refractivity contribution in [1.29, 1.82) is 0 Å². The molecule has 9 nitrogen and oxygen atoms in total. The van der Waals surface area contributed by atoms with Gasteiger partial charge < -0.3 is 9.64 Å². The van der Waals surface area contributed by atoms with Crippen LogP contribution < -0.4 is 5.76 Å². The van der Waals surface area contributed by atoms with E-state index in [-0.39, 0.29) is 12.0 Å². The van der Waals surface area contributed by atoms with Gasteiger partial charge in [-0.1, -0.05) is 5.16 Å². The topological polar surface area (TPSA) is 103 Å². The Labute approximate surface area is 144 Å². The van der Waals surface area contributed by atoms with Crippen molar-refractivity contribution in [2.45, 2.75) is 39.3 Å². The van der Waals surface area contributed by atoms with E-state index in [2.05, 4.69) is 15.1 Å². The predicted octanol–water partition coefficient (Wildman–Crippen LogP) is 1.55. The van der Waals surface area contributed by atoms with Crippen molar-refractivity contribution in [2.75, 3.05) is 13.1 Å². The van der Waals surface area contributed by atoms with E-state index in [0.717, 1.165) is 6.42 Å². The van der Waals surface area contributed by atoms with Crippen molar-refractivity contribution in [3.8, 4) is 11.6 Å². The van der Waals surface area contributed by atoms with E-state index < -0.39 is 11.4 Å². The van der Waals surface area contributed by atoms with E-state index in [1.165, 1.54) is 4.57 Å². The normalized spacial score (nSPS) is 17.7. The Balaban J connectivity index is 1.70. The van der Waals surface area contributed by atoms with Crippen LogP contribution in [0, 0.1) is 5.92 Å². The molecule has 0 saturated carbocycles. The molecule has 9 heteroatoms. The number of amides is 1. The van der Waals surface area contributed by atoms with Gasteiger partial charge in [0.05, 0.1) is 0 Å². The quantitative estimate of drug-likeness (QED) is 0.829. The number of ether oxygens (including phenoxy) is 1. The molecule has 0 aromatic carbocycles. The summed E-state index contributed by atoms with van der Waals surface area (Å²) in [7, 11) is 0. The molecule has 3 heterocycles. The van der Waals surface area contributed by atoms with Crippen LogP contribution >= 0.6 is 0 Å². The number of aromatic nitrogens is 4. The van der Waals surface area contributed by atoms with Crippen LogP contribution in [0.15, 0.2) is 27.8 Å². The number of hydrogen-bond donors (Lipinski definition) is 0. The molecule has 25 heavy (non-hydrogen) atoms. The minimum Gasteiger partial charge on any atom is -0.444 e. The second-order valence-corrected chi connectivity index (χ2v) is 7.04. The first-order valence-corrected chi connectivity index (χ1v) is 8.15. The monoisotopic (exact) mass is 347 g/mol. The summed E-state index contributed by atoms with van der Waals surface area (Å²) in [6.45, 7) is 7.00. The molecule has 134 valence electrons. The fourth-order valence-electron chi connectivity index (χ4n) is 2.74. The first kappa shape index (κ1) is 17.1. The highest BCUT2D eigenvalue weighted by molar-refractivity contribution is 5.68. The maximum atomic E-state index is 12.1. The molecule has 2 aromatic heterocycles. The third kappa shape index (κ3) is 4.04. The van der Waals surface area contributed by atoms with Gasteiger partial charge in [0, 0.05) is 32.0 Å². The first-order valence-electron chi connectivity index (χ1n) is 8.15. The summed E-state index contributed by atoms with van der Waals surface area (Å²) in [4.78, 5) is 34.0. The highest BCUT2D eigenvalue weighted by atomic mass is 16.6. The van der Waals surface area contributed by atoms with E-state index in [1.807, 2.05) is 20.8 Å². The highest BCUT2D eigenvalue weighted by Gasteiger charge is 2.31. The number of nitrogens with zero attached hydrogens (tertiary/aromatic N) is 5. The molecule has 0 N–H and O–H groups in total. The summed E-state index contributed by atoms with van der Waals surface area (Å²) in [6.07, 6.45) is 3.59. The Bertz CT molecular complexity index is 793. The summed E-state index contributed by atoms with van der Waals surface area (Å²) in [5.41, 5.74) is -0.529. The second-order valence-electron chi connectivity index (χ2n) is 7.04. The molecule has 0 unspecified atom stereocenters. The van der Waals surface area contributed by atoms with Crippen LogP contribution in [0.5, 0.6) is 0 Å². The molecule has 1 saturated heterocycles. The van der Waals surface area contributed by atoms with Crippen molar-refractivity contribution in [2.24, 2.45) is 5.92 Å². The number of rotatable bonds is 3. The maximum absolute atomic E-state index is 12.1. The van der Waals surface area contributed by atoms with Crippen molar-refractivity contribution in [3.05, 3.63) is 29.0 Å². The molecule has 1 aliphatic rings. The van der Waals surface area contributed by atoms with E-state index in [9.17, 15) is 9.59 Å². The largest absolute Gasteiger partial charge is 0.444 e. The minimum atomic E-state index is -0.557. The van der Waals surface area contributed by atoms with Crippen LogP contribution in [-0.4, -0.2) is 49.4 Å². The van der Waals surface area contributed by atoms with Gasteiger partial charge in [0.2, 0.25) is 5.82 Å². The molecular formula is C16H21N5O4. The van der Waals surface area contributed by atoms with Crippen LogP contribution in [0.3, 0.4) is 0 Å². The summed E-state index contributed by atoms with van der Waals surface area (Å²) >= 11 is 0. The zero-order valence-electron chi connectivity index (χ0n) is 14.5. The number of carbonyl (C=O) groups is 1. The van der Waals surface area contributed by atoms with Gasteiger partial charge in [0.25, 0.3) is 0 Å². The standard InChI is InChI=1S/C16H21N5O4/c1-16(2,3)24-14(22)20-8-5-11(9-20)10-21-13(19-25-15(21)23)12-17-6-4-7-18-12/h4,6-7,11H,5,8-10H2,1-3H3/t11-/m1/s1. The average molecular weight is 347 g/mol. The van der Waals surface area contributed by atoms with Gasteiger partial charge in [-0.3, -0.25) is 9.09 Å². The predicted molar refractivity (Wildman–Crippen MR) is 87.7 cm³/mol. The third-order valence-corrected chi connectivity index (χ3v) is 3.83. The Kier molecular flexibility index (Phi) is 4.56. The Morgan fingerprint density at radius 3 is 2.76 bits per heavy atom. The molecular weight excluding hydrogens is 326 g/mol. The molecule has 0 spiro atoms. The van der Waals surface area contributed by atoms with Crippen LogP contribution in [0.2, 0.25) is 0 Å². The zero-order valence-corrected chi connectivity index (χ0v) is 14.5. The molecule has 1 fully saturated rings. The van der Waals surface area contributed by atoms with Gasteiger partial charge >= 0.3 is 11.8 Å². The van der Waals surface area contributed by atoms with E-state index in [4.69, 9.17) is 9.26 Å².